The van der Waals surface area contributed by atoms with Gasteiger partial charge in [0.25, 0.3) is 10.0 Å². The number of hydrogen-bond donors (Lipinski definition) is 1. The van der Waals surface area contributed by atoms with E-state index in [1.807, 2.05) is 0 Å². The van der Waals surface area contributed by atoms with Gasteiger partial charge in [-0.3, -0.25) is 9.40 Å². The van der Waals surface area contributed by atoms with Gasteiger partial charge in [0, 0.05) is 11.1 Å². The standard InChI is InChI=1S/C20H18FN3O3S/c1-27-14-5-7-15(8-6-14)28(25,26)24-18-9-4-13(21)10-16(18)19-17(11-22-23-19)20(24)12-2-3-12/h4-12,20H,2-3H2,1H3,(H,22,23). The summed E-state index contributed by atoms with van der Waals surface area (Å²) in [6.45, 7) is 0. The second kappa shape index (κ2) is 6.07. The molecule has 1 aliphatic heterocycles. The second-order valence-electron chi connectivity index (χ2n) is 7.12. The van der Waals surface area contributed by atoms with E-state index < -0.39 is 15.8 Å². The van der Waals surface area contributed by atoms with Crippen LogP contribution in [0.2, 0.25) is 0 Å². The number of halogens is 1. The Hall–Kier alpha value is -2.87. The van der Waals surface area contributed by atoms with Crippen molar-refractivity contribution in [1.82, 2.24) is 10.2 Å². The fourth-order valence-corrected chi connectivity index (χ4v) is 5.62. The average molecular weight is 399 g/mol. The summed E-state index contributed by atoms with van der Waals surface area (Å²) in [5, 5.41) is 7.05. The van der Waals surface area contributed by atoms with E-state index >= 15 is 0 Å². The number of fused-ring (bicyclic) bond motifs is 3. The number of aromatic nitrogens is 2. The Morgan fingerprint density at radius 1 is 1.18 bits per heavy atom. The zero-order valence-electron chi connectivity index (χ0n) is 15.1. The summed E-state index contributed by atoms with van der Waals surface area (Å²) in [6, 6.07) is 10.1. The molecule has 6 nitrogen and oxygen atoms in total. The van der Waals surface area contributed by atoms with Crippen LogP contribution in [-0.4, -0.2) is 25.7 Å². The monoisotopic (exact) mass is 399 g/mol. The summed E-state index contributed by atoms with van der Waals surface area (Å²) in [5.74, 6) is 0.365. The average Bonchev–Trinajstić information content (AvgIpc) is 3.42. The lowest BCUT2D eigenvalue weighted by molar-refractivity contribution is 0.414. The molecule has 3 aromatic rings. The summed E-state index contributed by atoms with van der Waals surface area (Å²) in [4.78, 5) is 0.168. The van der Waals surface area contributed by atoms with Gasteiger partial charge >= 0.3 is 0 Å². The number of aromatic amines is 1. The molecule has 144 valence electrons. The lowest BCUT2D eigenvalue weighted by atomic mass is 9.93. The van der Waals surface area contributed by atoms with Crippen molar-refractivity contribution >= 4 is 15.7 Å². The first-order valence-corrected chi connectivity index (χ1v) is 10.5. The maximum absolute atomic E-state index is 14.0. The molecule has 2 aromatic carbocycles. The molecule has 1 fully saturated rings. The van der Waals surface area contributed by atoms with Crippen LogP contribution in [0.15, 0.2) is 53.6 Å². The molecule has 0 spiro atoms. The molecule has 1 N–H and O–H groups in total. The molecule has 1 unspecified atom stereocenters. The van der Waals surface area contributed by atoms with E-state index in [1.165, 1.54) is 41.7 Å². The lowest BCUT2D eigenvalue weighted by Crippen LogP contribution is -2.38. The van der Waals surface area contributed by atoms with Gasteiger partial charge in [0.15, 0.2) is 0 Å². The zero-order valence-corrected chi connectivity index (χ0v) is 15.9. The van der Waals surface area contributed by atoms with E-state index in [0.29, 0.717) is 22.7 Å². The van der Waals surface area contributed by atoms with Crippen molar-refractivity contribution in [3.63, 3.8) is 0 Å². The molecule has 1 aromatic heterocycles. The minimum atomic E-state index is -3.87. The molecular formula is C20H18FN3O3S. The van der Waals surface area contributed by atoms with Crippen LogP contribution in [0.4, 0.5) is 10.1 Å². The van der Waals surface area contributed by atoms with Crippen LogP contribution in [-0.2, 0) is 10.0 Å². The van der Waals surface area contributed by atoms with Gasteiger partial charge in [-0.05, 0) is 61.2 Å². The smallest absolute Gasteiger partial charge is 0.264 e. The Balaban J connectivity index is 1.72. The van der Waals surface area contributed by atoms with Gasteiger partial charge in [-0.2, -0.15) is 5.10 Å². The maximum Gasteiger partial charge on any atom is 0.264 e. The predicted molar refractivity (Wildman–Crippen MR) is 102 cm³/mol. The number of sulfonamides is 1. The molecular weight excluding hydrogens is 381 g/mol. The molecule has 1 aliphatic carbocycles. The van der Waals surface area contributed by atoms with Crippen LogP contribution >= 0.6 is 0 Å². The van der Waals surface area contributed by atoms with Crippen molar-refractivity contribution in [2.24, 2.45) is 5.92 Å². The largest absolute Gasteiger partial charge is 0.497 e. The number of anilines is 1. The number of methoxy groups -OCH3 is 1. The van der Waals surface area contributed by atoms with Crippen molar-refractivity contribution in [1.29, 1.82) is 0 Å². The van der Waals surface area contributed by atoms with Gasteiger partial charge in [-0.15, -0.1) is 0 Å². The predicted octanol–water partition coefficient (Wildman–Crippen LogP) is 3.88. The topological polar surface area (TPSA) is 75.3 Å². The summed E-state index contributed by atoms with van der Waals surface area (Å²) in [6.07, 6.45) is 3.55. The highest BCUT2D eigenvalue weighted by molar-refractivity contribution is 7.92. The Bertz CT molecular complexity index is 1150. The molecule has 0 radical (unpaired) electrons. The third kappa shape index (κ3) is 2.51. The number of rotatable bonds is 4. The minimum Gasteiger partial charge on any atom is -0.497 e. The minimum absolute atomic E-state index is 0.168. The van der Waals surface area contributed by atoms with Gasteiger partial charge in [0.2, 0.25) is 0 Å². The normalized spacial score (nSPS) is 18.5. The van der Waals surface area contributed by atoms with Gasteiger partial charge < -0.3 is 4.74 Å². The van der Waals surface area contributed by atoms with Crippen LogP contribution < -0.4 is 9.04 Å². The first kappa shape index (κ1) is 17.2. The van der Waals surface area contributed by atoms with E-state index in [0.717, 1.165) is 18.4 Å². The van der Waals surface area contributed by atoms with Crippen molar-refractivity contribution < 1.29 is 17.5 Å². The zero-order chi connectivity index (χ0) is 19.5. The Kier molecular flexibility index (Phi) is 3.74. The van der Waals surface area contributed by atoms with E-state index in [9.17, 15) is 12.8 Å². The quantitative estimate of drug-likeness (QED) is 0.722. The Morgan fingerprint density at radius 2 is 1.93 bits per heavy atom. The van der Waals surface area contributed by atoms with Gasteiger partial charge in [0.1, 0.15) is 11.6 Å². The van der Waals surface area contributed by atoms with Crippen LogP contribution in [0.25, 0.3) is 11.3 Å². The summed E-state index contributed by atoms with van der Waals surface area (Å²) in [5.41, 5.74) is 2.44. The Morgan fingerprint density at radius 3 is 2.61 bits per heavy atom. The lowest BCUT2D eigenvalue weighted by Gasteiger charge is -2.37. The van der Waals surface area contributed by atoms with E-state index in [-0.39, 0.29) is 16.9 Å². The highest BCUT2D eigenvalue weighted by atomic mass is 32.2. The second-order valence-corrected chi connectivity index (χ2v) is 8.94. The Labute approximate surface area is 162 Å². The summed E-state index contributed by atoms with van der Waals surface area (Å²) < 4.78 is 47.9. The van der Waals surface area contributed by atoms with E-state index in [1.54, 1.807) is 18.3 Å². The first-order chi connectivity index (χ1) is 13.5. The SMILES string of the molecule is COc1ccc(S(=O)(=O)N2c3ccc(F)cc3-c3[nH]ncc3C2C2CC2)cc1. The van der Waals surface area contributed by atoms with Crippen LogP contribution in [0.5, 0.6) is 5.75 Å². The summed E-state index contributed by atoms with van der Waals surface area (Å²) >= 11 is 0. The summed E-state index contributed by atoms with van der Waals surface area (Å²) in [7, 11) is -2.34. The molecule has 1 saturated carbocycles. The van der Waals surface area contributed by atoms with E-state index in [2.05, 4.69) is 10.2 Å². The highest BCUT2D eigenvalue weighted by Gasteiger charge is 2.47. The molecule has 0 saturated heterocycles. The fourth-order valence-electron chi connectivity index (χ4n) is 3.91. The van der Waals surface area contributed by atoms with E-state index in [4.69, 9.17) is 4.74 Å². The van der Waals surface area contributed by atoms with Crippen molar-refractivity contribution in [2.75, 3.05) is 11.4 Å². The third-order valence-corrected chi connectivity index (χ3v) is 7.20. The first-order valence-electron chi connectivity index (χ1n) is 9.02. The van der Waals surface area contributed by atoms with Crippen molar-refractivity contribution in [3.8, 4) is 17.0 Å². The number of ether oxygens (including phenoxy) is 1. The van der Waals surface area contributed by atoms with Crippen molar-refractivity contribution in [2.45, 2.75) is 23.8 Å². The number of H-pyrrole nitrogens is 1. The molecule has 1 atom stereocenters. The number of benzene rings is 2. The van der Waals surface area contributed by atoms with Crippen LogP contribution in [0.1, 0.15) is 24.4 Å². The third-order valence-electron chi connectivity index (χ3n) is 5.39. The molecule has 0 amide bonds. The number of nitrogens with zero attached hydrogens (tertiary/aromatic N) is 2. The molecule has 2 aliphatic rings. The number of nitrogens with one attached hydrogen (secondary N) is 1. The molecule has 28 heavy (non-hydrogen) atoms. The van der Waals surface area contributed by atoms with Crippen LogP contribution in [0.3, 0.4) is 0 Å². The maximum atomic E-state index is 14.0. The van der Waals surface area contributed by atoms with Crippen molar-refractivity contribution in [3.05, 3.63) is 60.0 Å². The number of hydrogen-bond acceptors (Lipinski definition) is 4. The van der Waals surface area contributed by atoms with Gasteiger partial charge in [-0.25, -0.2) is 12.8 Å². The molecule has 5 rings (SSSR count). The molecule has 2 heterocycles. The molecule has 8 heteroatoms. The molecule has 0 bridgehead atoms. The van der Waals surface area contributed by atoms with Crippen LogP contribution in [0, 0.1) is 11.7 Å². The van der Waals surface area contributed by atoms with Gasteiger partial charge in [0.05, 0.1) is 35.6 Å². The van der Waals surface area contributed by atoms with Gasteiger partial charge in [-0.1, -0.05) is 0 Å². The fraction of sp³-hybridized carbons (Fsp3) is 0.250. The highest BCUT2D eigenvalue weighted by Crippen LogP contribution is 2.54.